The number of piperidine rings is 1. The molecule has 34 heavy (non-hydrogen) atoms. The van der Waals surface area contributed by atoms with Crippen molar-refractivity contribution in [1.29, 1.82) is 0 Å². The molecule has 5 rings (SSSR count). The van der Waals surface area contributed by atoms with Gasteiger partial charge in [0.15, 0.2) is 11.5 Å². The molecular formula is C25H26FN5O3. The van der Waals surface area contributed by atoms with Gasteiger partial charge in [0, 0.05) is 56.0 Å². The zero-order valence-corrected chi connectivity index (χ0v) is 18.7. The van der Waals surface area contributed by atoms with Gasteiger partial charge in [-0.1, -0.05) is 12.1 Å². The van der Waals surface area contributed by atoms with Crippen LogP contribution in [-0.2, 0) is 6.42 Å². The number of nitrogens with one attached hydrogen (secondary N) is 1. The van der Waals surface area contributed by atoms with Gasteiger partial charge in [-0.25, -0.2) is 4.39 Å². The SMILES string of the molecule is O=C(NCC(O)c1cccnc1)c1ccc(N2CCC3(CCc4c(F)cccc4O3)CC2)nn1. The van der Waals surface area contributed by atoms with Crippen LogP contribution in [0.3, 0.4) is 0 Å². The van der Waals surface area contributed by atoms with Gasteiger partial charge in [-0.3, -0.25) is 9.78 Å². The molecule has 2 N–H and O–H groups in total. The molecular weight excluding hydrogens is 437 g/mol. The summed E-state index contributed by atoms with van der Waals surface area (Å²) in [6.07, 6.45) is 5.42. The van der Waals surface area contributed by atoms with E-state index in [1.807, 2.05) is 6.07 Å². The molecule has 0 aliphatic carbocycles. The number of hydrogen-bond acceptors (Lipinski definition) is 7. The van der Waals surface area contributed by atoms with E-state index in [0.717, 1.165) is 32.4 Å². The zero-order chi connectivity index (χ0) is 23.5. The maximum Gasteiger partial charge on any atom is 0.271 e. The summed E-state index contributed by atoms with van der Waals surface area (Å²) in [7, 11) is 0. The second kappa shape index (κ2) is 9.34. The second-order valence-corrected chi connectivity index (χ2v) is 8.78. The molecule has 8 nitrogen and oxygen atoms in total. The van der Waals surface area contributed by atoms with Crippen LogP contribution in [0.4, 0.5) is 10.2 Å². The van der Waals surface area contributed by atoms with Crippen molar-refractivity contribution >= 4 is 11.7 Å². The first-order chi connectivity index (χ1) is 16.5. The topological polar surface area (TPSA) is 100 Å². The van der Waals surface area contributed by atoms with Crippen molar-refractivity contribution < 1.29 is 19.0 Å². The van der Waals surface area contributed by atoms with Gasteiger partial charge in [-0.05, 0) is 43.2 Å². The van der Waals surface area contributed by atoms with Gasteiger partial charge in [0.25, 0.3) is 5.91 Å². The molecule has 2 aliphatic rings. The molecule has 4 heterocycles. The Morgan fingerprint density at radius 3 is 2.74 bits per heavy atom. The predicted octanol–water partition coefficient (Wildman–Crippen LogP) is 2.84. The molecule has 0 bridgehead atoms. The van der Waals surface area contributed by atoms with Crippen molar-refractivity contribution in [3.05, 3.63) is 77.5 Å². The molecule has 3 aromatic rings. The van der Waals surface area contributed by atoms with Crippen LogP contribution in [0.2, 0.25) is 0 Å². The number of nitrogens with zero attached hydrogens (tertiary/aromatic N) is 4. The number of amides is 1. The highest BCUT2D eigenvalue weighted by atomic mass is 19.1. The van der Waals surface area contributed by atoms with E-state index in [0.29, 0.717) is 29.1 Å². The van der Waals surface area contributed by atoms with E-state index in [-0.39, 0.29) is 23.7 Å². The van der Waals surface area contributed by atoms with Crippen molar-refractivity contribution in [3.63, 3.8) is 0 Å². The number of rotatable bonds is 5. The monoisotopic (exact) mass is 463 g/mol. The number of ether oxygens (including phenoxy) is 1. The third-order valence-electron chi connectivity index (χ3n) is 6.64. The van der Waals surface area contributed by atoms with Gasteiger partial charge in [-0.2, -0.15) is 0 Å². The molecule has 9 heteroatoms. The van der Waals surface area contributed by atoms with Crippen LogP contribution in [-0.4, -0.2) is 51.4 Å². The average Bonchev–Trinajstić information content (AvgIpc) is 2.88. The highest BCUT2D eigenvalue weighted by Crippen LogP contribution is 2.40. The van der Waals surface area contributed by atoms with Gasteiger partial charge in [0.2, 0.25) is 0 Å². The van der Waals surface area contributed by atoms with Crippen LogP contribution >= 0.6 is 0 Å². The van der Waals surface area contributed by atoms with Crippen LogP contribution in [0.1, 0.15) is 47.0 Å². The summed E-state index contributed by atoms with van der Waals surface area (Å²) in [4.78, 5) is 18.5. The Kier molecular flexibility index (Phi) is 6.10. The molecule has 1 saturated heterocycles. The molecule has 2 aromatic heterocycles. The highest BCUT2D eigenvalue weighted by molar-refractivity contribution is 5.92. The van der Waals surface area contributed by atoms with E-state index in [9.17, 15) is 14.3 Å². The number of fused-ring (bicyclic) bond motifs is 1. The standard InChI is InChI=1S/C25H26FN5O3/c26-19-4-1-5-22-18(19)8-9-25(34-22)10-13-31(14-11-25)23-7-6-20(29-30-23)24(33)28-16-21(32)17-3-2-12-27-15-17/h1-7,12,15,21,32H,8-11,13-14,16H2,(H,28,33). The molecule has 1 fully saturated rings. The smallest absolute Gasteiger partial charge is 0.271 e. The third-order valence-corrected chi connectivity index (χ3v) is 6.64. The number of benzene rings is 1. The summed E-state index contributed by atoms with van der Waals surface area (Å²) in [5.74, 6) is 0.754. The number of aliphatic hydroxyl groups is 1. The number of aromatic nitrogens is 3. The zero-order valence-electron chi connectivity index (χ0n) is 18.7. The molecule has 176 valence electrons. The van der Waals surface area contributed by atoms with Crippen molar-refractivity contribution in [3.8, 4) is 5.75 Å². The normalized spacial score (nSPS) is 17.5. The van der Waals surface area contributed by atoms with E-state index in [4.69, 9.17) is 4.74 Å². The number of pyridine rings is 1. The lowest BCUT2D eigenvalue weighted by Crippen LogP contribution is -2.50. The van der Waals surface area contributed by atoms with Crippen molar-refractivity contribution in [2.45, 2.75) is 37.4 Å². The summed E-state index contributed by atoms with van der Waals surface area (Å²) in [5, 5.41) is 21.2. The van der Waals surface area contributed by atoms with Gasteiger partial charge in [0.1, 0.15) is 17.2 Å². The van der Waals surface area contributed by atoms with Crippen molar-refractivity contribution in [2.24, 2.45) is 0 Å². The van der Waals surface area contributed by atoms with Crippen LogP contribution in [0.15, 0.2) is 54.9 Å². The number of carbonyl (C=O) groups excluding carboxylic acids is 1. The van der Waals surface area contributed by atoms with Crippen LogP contribution < -0.4 is 15.0 Å². The molecule has 1 atom stereocenters. The first kappa shape index (κ1) is 22.2. The maximum atomic E-state index is 14.0. The van der Waals surface area contributed by atoms with Crippen molar-refractivity contribution in [2.75, 3.05) is 24.5 Å². The lowest BCUT2D eigenvalue weighted by atomic mass is 9.83. The number of hydrogen-bond donors (Lipinski definition) is 2. The lowest BCUT2D eigenvalue weighted by Gasteiger charge is -2.44. The number of aliphatic hydroxyl groups excluding tert-OH is 1. The molecule has 1 spiro atoms. The lowest BCUT2D eigenvalue weighted by molar-refractivity contribution is 0.0215. The average molecular weight is 464 g/mol. The predicted molar refractivity (Wildman–Crippen MR) is 123 cm³/mol. The van der Waals surface area contributed by atoms with Crippen LogP contribution in [0.5, 0.6) is 5.75 Å². The van der Waals surface area contributed by atoms with Gasteiger partial charge < -0.3 is 20.1 Å². The quantitative estimate of drug-likeness (QED) is 0.600. The van der Waals surface area contributed by atoms with E-state index < -0.39 is 12.0 Å². The van der Waals surface area contributed by atoms with E-state index >= 15 is 0 Å². The Morgan fingerprint density at radius 1 is 1.15 bits per heavy atom. The first-order valence-electron chi connectivity index (χ1n) is 11.4. The first-order valence-corrected chi connectivity index (χ1v) is 11.4. The Labute approximate surface area is 196 Å². The third kappa shape index (κ3) is 4.56. The summed E-state index contributed by atoms with van der Waals surface area (Å²) < 4.78 is 20.3. The van der Waals surface area contributed by atoms with E-state index in [1.165, 1.54) is 6.07 Å². The Morgan fingerprint density at radius 2 is 2.00 bits per heavy atom. The van der Waals surface area contributed by atoms with E-state index in [1.54, 1.807) is 42.7 Å². The fourth-order valence-electron chi connectivity index (χ4n) is 4.60. The Bertz CT molecular complexity index is 1150. The van der Waals surface area contributed by atoms with Crippen molar-refractivity contribution in [1.82, 2.24) is 20.5 Å². The Balaban J connectivity index is 1.15. The minimum absolute atomic E-state index is 0.0508. The van der Waals surface area contributed by atoms with Crippen LogP contribution in [0.25, 0.3) is 0 Å². The van der Waals surface area contributed by atoms with Gasteiger partial charge in [0.05, 0.1) is 6.10 Å². The summed E-state index contributed by atoms with van der Waals surface area (Å²) in [6, 6.07) is 11.9. The van der Waals surface area contributed by atoms with Crippen LogP contribution in [0, 0.1) is 5.82 Å². The fourth-order valence-corrected chi connectivity index (χ4v) is 4.60. The molecule has 2 aliphatic heterocycles. The summed E-state index contributed by atoms with van der Waals surface area (Å²) in [6.45, 7) is 1.53. The van der Waals surface area contributed by atoms with Gasteiger partial charge >= 0.3 is 0 Å². The molecule has 1 aromatic carbocycles. The highest BCUT2D eigenvalue weighted by Gasteiger charge is 2.40. The number of carbonyl (C=O) groups is 1. The minimum Gasteiger partial charge on any atom is -0.487 e. The largest absolute Gasteiger partial charge is 0.487 e. The number of anilines is 1. The summed E-state index contributed by atoms with van der Waals surface area (Å²) in [5.41, 5.74) is 1.20. The molecule has 1 unspecified atom stereocenters. The molecule has 0 radical (unpaired) electrons. The Hall–Kier alpha value is -3.59. The van der Waals surface area contributed by atoms with Gasteiger partial charge in [-0.15, -0.1) is 10.2 Å². The van der Waals surface area contributed by atoms with E-state index in [2.05, 4.69) is 25.4 Å². The maximum absolute atomic E-state index is 14.0. The fraction of sp³-hybridized carbons (Fsp3) is 0.360. The summed E-state index contributed by atoms with van der Waals surface area (Å²) >= 11 is 0. The molecule has 1 amide bonds. The minimum atomic E-state index is -0.851. The number of halogens is 1. The second-order valence-electron chi connectivity index (χ2n) is 8.78. The molecule has 0 saturated carbocycles.